The summed E-state index contributed by atoms with van der Waals surface area (Å²) in [5, 5.41) is 0. The van der Waals surface area contributed by atoms with Crippen molar-refractivity contribution in [2.75, 3.05) is 0 Å². The number of pyridine rings is 1. The van der Waals surface area contributed by atoms with Crippen LogP contribution in [0.25, 0.3) is 0 Å². The maximum Gasteiger partial charge on any atom is 0.0465 e. The molecule has 4 aliphatic rings. The number of hydrogen-bond acceptors (Lipinski definition) is 1. The molecule has 3 unspecified atom stereocenters. The minimum atomic E-state index is 0.263. The Kier molecular flexibility index (Phi) is 7.46. The highest BCUT2D eigenvalue weighted by Crippen LogP contribution is 2.69. The van der Waals surface area contributed by atoms with Gasteiger partial charge in [-0.1, -0.05) is 61.5 Å². The standard InChI is InChI=1S/C36H59N/c1-9-36(10-2,11-3)32-17-12-26(24-37-32)22-25(4)29-15-16-30-28-14-13-27-23-33(5,6)20-21-34(27,7)31(28)18-19-35(29,30)8/h12,17,24-25,27-31H,9-11,13-16,18-23H2,1-8H3/t25-,27?,28+,29-,30+,31+,34?,35?/m1/s1. The van der Waals surface area contributed by atoms with Gasteiger partial charge in [0.2, 0.25) is 0 Å². The van der Waals surface area contributed by atoms with Gasteiger partial charge in [-0.15, -0.1) is 0 Å². The Labute approximate surface area is 230 Å². The predicted molar refractivity (Wildman–Crippen MR) is 159 cm³/mol. The van der Waals surface area contributed by atoms with Crippen molar-refractivity contribution in [1.82, 2.24) is 4.98 Å². The third-order valence-electron chi connectivity index (χ3n) is 13.9. The van der Waals surface area contributed by atoms with Crippen molar-refractivity contribution in [3.63, 3.8) is 0 Å². The van der Waals surface area contributed by atoms with Crippen LogP contribution in [0.5, 0.6) is 0 Å². The van der Waals surface area contributed by atoms with Crippen molar-refractivity contribution in [2.45, 2.75) is 144 Å². The van der Waals surface area contributed by atoms with Crippen molar-refractivity contribution in [3.8, 4) is 0 Å². The Bertz CT molecular complexity index is 916. The molecule has 1 nitrogen and oxygen atoms in total. The number of rotatable bonds is 7. The molecule has 4 fully saturated rings. The molecule has 37 heavy (non-hydrogen) atoms. The fourth-order valence-corrected chi connectivity index (χ4v) is 11.3. The number of hydrogen-bond donors (Lipinski definition) is 0. The highest BCUT2D eigenvalue weighted by molar-refractivity contribution is 5.22. The molecule has 0 amide bonds. The molecule has 0 spiro atoms. The highest BCUT2D eigenvalue weighted by atomic mass is 14.7. The Morgan fingerprint density at radius 2 is 1.54 bits per heavy atom. The summed E-state index contributed by atoms with van der Waals surface area (Å²) in [6, 6.07) is 4.79. The molecule has 1 heteroatoms. The van der Waals surface area contributed by atoms with Gasteiger partial charge in [-0.05, 0) is 147 Å². The smallest absolute Gasteiger partial charge is 0.0465 e. The first-order valence-electron chi connectivity index (χ1n) is 16.5. The Hall–Kier alpha value is -0.850. The van der Waals surface area contributed by atoms with Gasteiger partial charge in [-0.2, -0.15) is 0 Å². The summed E-state index contributed by atoms with van der Waals surface area (Å²) in [6.07, 6.45) is 20.4. The molecule has 0 saturated heterocycles. The van der Waals surface area contributed by atoms with Gasteiger partial charge in [0.25, 0.3) is 0 Å². The zero-order valence-electron chi connectivity index (χ0n) is 25.8. The van der Waals surface area contributed by atoms with Crippen LogP contribution in [0.2, 0.25) is 0 Å². The second-order valence-electron chi connectivity index (χ2n) is 15.8. The van der Waals surface area contributed by atoms with E-state index >= 15 is 0 Å². The predicted octanol–water partition coefficient (Wildman–Crippen LogP) is 10.4. The van der Waals surface area contributed by atoms with Crippen molar-refractivity contribution in [3.05, 3.63) is 29.6 Å². The van der Waals surface area contributed by atoms with Crippen LogP contribution >= 0.6 is 0 Å². The van der Waals surface area contributed by atoms with E-state index in [4.69, 9.17) is 4.98 Å². The zero-order valence-corrected chi connectivity index (χ0v) is 25.8. The normalized spacial score (nSPS) is 39.9. The molecule has 0 radical (unpaired) electrons. The molecule has 1 aromatic rings. The summed E-state index contributed by atoms with van der Waals surface area (Å²) in [4.78, 5) is 5.05. The summed E-state index contributed by atoms with van der Waals surface area (Å²) in [6.45, 7) is 20.1. The molecular weight excluding hydrogens is 446 g/mol. The van der Waals surface area contributed by atoms with E-state index in [1.165, 1.54) is 94.7 Å². The van der Waals surface area contributed by atoms with E-state index in [0.29, 0.717) is 16.2 Å². The summed E-state index contributed by atoms with van der Waals surface area (Å²) >= 11 is 0. The van der Waals surface area contributed by atoms with E-state index in [9.17, 15) is 0 Å². The van der Waals surface area contributed by atoms with E-state index in [-0.39, 0.29) is 5.41 Å². The third kappa shape index (κ3) is 4.55. The molecule has 0 aromatic carbocycles. The molecule has 4 aliphatic carbocycles. The summed E-state index contributed by atoms with van der Waals surface area (Å²) in [7, 11) is 0. The van der Waals surface area contributed by atoms with Gasteiger partial charge in [0, 0.05) is 17.3 Å². The molecule has 1 heterocycles. The maximum atomic E-state index is 5.05. The molecule has 1 aromatic heterocycles. The fourth-order valence-electron chi connectivity index (χ4n) is 11.3. The number of fused-ring (bicyclic) bond motifs is 5. The maximum absolute atomic E-state index is 5.05. The van der Waals surface area contributed by atoms with Crippen molar-refractivity contribution < 1.29 is 0 Å². The Morgan fingerprint density at radius 1 is 0.838 bits per heavy atom. The second kappa shape index (κ2) is 9.96. The SMILES string of the molecule is CCC(CC)(CC)c1ccc(C[C@@H](C)[C@H]2CC[C@H]3[C@@H]4CCC5CC(C)(C)CCC5(C)[C@H]4CCC23C)cn1. The topological polar surface area (TPSA) is 12.9 Å². The first-order valence-corrected chi connectivity index (χ1v) is 16.5. The minimum Gasteiger partial charge on any atom is -0.260 e. The van der Waals surface area contributed by atoms with Crippen LogP contribution in [0, 0.1) is 51.8 Å². The van der Waals surface area contributed by atoms with Crippen LogP contribution in [-0.2, 0) is 11.8 Å². The molecule has 208 valence electrons. The van der Waals surface area contributed by atoms with Crippen LogP contribution in [0.4, 0.5) is 0 Å². The van der Waals surface area contributed by atoms with Crippen LogP contribution in [0.3, 0.4) is 0 Å². The Morgan fingerprint density at radius 3 is 2.19 bits per heavy atom. The average Bonchev–Trinajstić information content (AvgIpc) is 3.24. The molecule has 8 atom stereocenters. The minimum absolute atomic E-state index is 0.263. The van der Waals surface area contributed by atoms with Gasteiger partial charge in [0.1, 0.15) is 0 Å². The quantitative estimate of drug-likeness (QED) is 0.359. The molecule has 0 N–H and O–H groups in total. The lowest BCUT2D eigenvalue weighted by Gasteiger charge is -2.62. The first-order chi connectivity index (χ1) is 17.5. The molecule has 4 saturated carbocycles. The van der Waals surface area contributed by atoms with Gasteiger partial charge in [0.15, 0.2) is 0 Å². The fraction of sp³-hybridized carbons (Fsp3) is 0.861. The molecule has 0 aliphatic heterocycles. The summed E-state index contributed by atoms with van der Waals surface area (Å²) in [5.74, 6) is 5.61. The van der Waals surface area contributed by atoms with E-state index in [1.807, 2.05) is 0 Å². The molecular formula is C36H59N. The van der Waals surface area contributed by atoms with Crippen LogP contribution < -0.4 is 0 Å². The van der Waals surface area contributed by atoms with Crippen LogP contribution in [-0.4, -0.2) is 4.98 Å². The van der Waals surface area contributed by atoms with Crippen molar-refractivity contribution in [1.29, 1.82) is 0 Å². The molecule has 0 bridgehead atoms. The lowest BCUT2D eigenvalue weighted by molar-refractivity contribution is -0.129. The van der Waals surface area contributed by atoms with Crippen LogP contribution in [0.1, 0.15) is 144 Å². The monoisotopic (exact) mass is 505 g/mol. The van der Waals surface area contributed by atoms with Gasteiger partial charge in [-0.3, -0.25) is 4.98 Å². The first kappa shape index (κ1) is 27.7. The largest absolute Gasteiger partial charge is 0.260 e. The number of aromatic nitrogens is 1. The van der Waals surface area contributed by atoms with E-state index in [1.54, 1.807) is 0 Å². The van der Waals surface area contributed by atoms with Gasteiger partial charge in [-0.25, -0.2) is 0 Å². The summed E-state index contributed by atoms with van der Waals surface area (Å²) in [5.41, 5.74) is 4.81. The van der Waals surface area contributed by atoms with Crippen molar-refractivity contribution >= 4 is 0 Å². The van der Waals surface area contributed by atoms with E-state index in [0.717, 1.165) is 35.5 Å². The second-order valence-corrected chi connectivity index (χ2v) is 15.8. The van der Waals surface area contributed by atoms with Gasteiger partial charge < -0.3 is 0 Å². The van der Waals surface area contributed by atoms with E-state index in [2.05, 4.69) is 73.7 Å². The van der Waals surface area contributed by atoms with Gasteiger partial charge >= 0.3 is 0 Å². The third-order valence-corrected chi connectivity index (χ3v) is 13.9. The molecule has 5 rings (SSSR count). The lowest BCUT2D eigenvalue weighted by atomic mass is 9.43. The number of nitrogens with zero attached hydrogens (tertiary/aromatic N) is 1. The zero-order chi connectivity index (χ0) is 26.6. The summed E-state index contributed by atoms with van der Waals surface area (Å²) < 4.78 is 0. The van der Waals surface area contributed by atoms with E-state index < -0.39 is 0 Å². The van der Waals surface area contributed by atoms with Gasteiger partial charge in [0.05, 0.1) is 0 Å². The van der Waals surface area contributed by atoms with Crippen molar-refractivity contribution in [2.24, 2.45) is 51.8 Å². The average molecular weight is 506 g/mol. The Balaban J connectivity index is 1.28. The van der Waals surface area contributed by atoms with Crippen LogP contribution in [0.15, 0.2) is 18.3 Å². The highest BCUT2D eigenvalue weighted by Gasteiger charge is 2.61. The lowest BCUT2D eigenvalue weighted by Crippen LogP contribution is -2.54.